The van der Waals surface area contributed by atoms with E-state index in [0.717, 1.165) is 9.87 Å². The Morgan fingerprint density at radius 2 is 1.83 bits per heavy atom. The quantitative estimate of drug-likeness (QED) is 0.794. The molecule has 1 aromatic carbocycles. The Hall–Kier alpha value is -1.82. The van der Waals surface area contributed by atoms with Crippen molar-refractivity contribution in [1.29, 1.82) is 0 Å². The number of ether oxygens (including phenoxy) is 1. The maximum atomic E-state index is 12.9. The van der Waals surface area contributed by atoms with E-state index in [1.54, 1.807) is 12.1 Å². The van der Waals surface area contributed by atoms with Gasteiger partial charge in [0, 0.05) is 5.92 Å². The number of sulfonamides is 1. The molecule has 1 aromatic rings. The van der Waals surface area contributed by atoms with Crippen molar-refractivity contribution >= 4 is 16.1 Å². The van der Waals surface area contributed by atoms with E-state index in [1.807, 2.05) is 27.7 Å². The largest absolute Gasteiger partial charge is 0.448 e. The molecule has 2 atom stereocenters. The van der Waals surface area contributed by atoms with Crippen LogP contribution in [0.2, 0.25) is 0 Å². The molecule has 0 unspecified atom stereocenters. The second-order valence-corrected chi connectivity index (χ2v) is 8.70. The highest BCUT2D eigenvalue weighted by molar-refractivity contribution is 7.89. The normalized spacial score (nSPS) is 22.6. The summed E-state index contributed by atoms with van der Waals surface area (Å²) in [6.45, 7) is 11.8. The van der Waals surface area contributed by atoms with Crippen molar-refractivity contribution in [2.75, 3.05) is 6.61 Å². The summed E-state index contributed by atoms with van der Waals surface area (Å²) in [4.78, 5) is 12.3. The number of rotatable bonds is 3. The molecule has 0 spiro atoms. The molecular weight excluding hydrogens is 314 g/mol. The predicted octanol–water partition coefficient (Wildman–Crippen LogP) is 3.35. The Morgan fingerprint density at radius 3 is 2.30 bits per heavy atom. The monoisotopic (exact) mass is 337 g/mol. The molecule has 126 valence electrons. The molecule has 0 aromatic heterocycles. The van der Waals surface area contributed by atoms with Crippen LogP contribution in [0.3, 0.4) is 0 Å². The number of amides is 1. The molecule has 1 aliphatic heterocycles. The lowest BCUT2D eigenvalue weighted by atomic mass is 9.76. The molecule has 0 bridgehead atoms. The Balaban J connectivity index is 2.50. The average Bonchev–Trinajstić information content (AvgIpc) is 2.45. The minimum atomic E-state index is -3.99. The molecule has 23 heavy (non-hydrogen) atoms. The van der Waals surface area contributed by atoms with Gasteiger partial charge in [0.1, 0.15) is 0 Å². The van der Waals surface area contributed by atoms with Crippen molar-refractivity contribution in [1.82, 2.24) is 4.31 Å². The number of hydrogen-bond acceptors (Lipinski definition) is 4. The van der Waals surface area contributed by atoms with E-state index in [9.17, 15) is 13.2 Å². The Kier molecular flexibility index (Phi) is 4.57. The number of carbonyl (C=O) groups excluding carboxylic acids is 1. The highest BCUT2D eigenvalue weighted by atomic mass is 32.2. The van der Waals surface area contributed by atoms with E-state index in [0.29, 0.717) is 0 Å². The maximum Gasteiger partial charge on any atom is 0.424 e. The smallest absolute Gasteiger partial charge is 0.424 e. The molecule has 1 heterocycles. The summed E-state index contributed by atoms with van der Waals surface area (Å²) in [5, 5.41) is 0. The fraction of sp³-hybridized carbons (Fsp3) is 0.471. The third-order valence-electron chi connectivity index (χ3n) is 4.18. The molecule has 1 fully saturated rings. The van der Waals surface area contributed by atoms with Crippen LogP contribution in [0.1, 0.15) is 26.3 Å². The molecule has 6 heteroatoms. The minimum absolute atomic E-state index is 0.0708. The number of hydrogen-bond donors (Lipinski definition) is 0. The predicted molar refractivity (Wildman–Crippen MR) is 88.5 cm³/mol. The Bertz CT molecular complexity index is 701. The number of aryl methyl sites for hydroxylation is 1. The Morgan fingerprint density at radius 1 is 1.26 bits per heavy atom. The van der Waals surface area contributed by atoms with Crippen molar-refractivity contribution < 1.29 is 17.9 Å². The summed E-state index contributed by atoms with van der Waals surface area (Å²) in [5.41, 5.74) is 0.707. The van der Waals surface area contributed by atoms with Gasteiger partial charge in [-0.3, -0.25) is 0 Å². The van der Waals surface area contributed by atoms with Gasteiger partial charge in [0.15, 0.2) is 0 Å². The lowest BCUT2D eigenvalue weighted by Gasteiger charge is -2.43. The zero-order valence-electron chi connectivity index (χ0n) is 13.9. The van der Waals surface area contributed by atoms with Crippen LogP contribution < -0.4 is 0 Å². The van der Waals surface area contributed by atoms with Crippen LogP contribution in [-0.2, 0) is 14.8 Å². The molecule has 0 saturated carbocycles. The first-order chi connectivity index (χ1) is 10.6. The third-order valence-corrected chi connectivity index (χ3v) is 5.96. The van der Waals surface area contributed by atoms with Crippen molar-refractivity contribution in [3.63, 3.8) is 0 Å². The maximum absolute atomic E-state index is 12.9. The van der Waals surface area contributed by atoms with E-state index in [-0.39, 0.29) is 22.8 Å². The molecule has 0 N–H and O–H groups in total. The molecule has 1 amide bonds. The fourth-order valence-corrected chi connectivity index (χ4v) is 4.22. The summed E-state index contributed by atoms with van der Waals surface area (Å²) < 4.78 is 31.8. The Labute approximate surface area is 138 Å². The molecule has 0 radical (unpaired) electrons. The van der Waals surface area contributed by atoms with Gasteiger partial charge >= 0.3 is 6.09 Å². The van der Waals surface area contributed by atoms with Crippen LogP contribution in [-0.4, -0.2) is 31.5 Å². The van der Waals surface area contributed by atoms with Crippen molar-refractivity contribution in [3.05, 3.63) is 42.5 Å². The number of benzene rings is 1. The van der Waals surface area contributed by atoms with Crippen LogP contribution >= 0.6 is 0 Å². The summed E-state index contributed by atoms with van der Waals surface area (Å²) in [6, 6.07) is 5.76. The molecule has 2 rings (SSSR count). The van der Waals surface area contributed by atoms with Crippen molar-refractivity contribution in [2.24, 2.45) is 11.3 Å². The van der Waals surface area contributed by atoms with Crippen LogP contribution in [0.15, 0.2) is 41.8 Å². The highest BCUT2D eigenvalue weighted by Gasteiger charge is 2.47. The molecule has 5 nitrogen and oxygen atoms in total. The van der Waals surface area contributed by atoms with E-state index >= 15 is 0 Å². The highest BCUT2D eigenvalue weighted by Crippen LogP contribution is 2.37. The van der Waals surface area contributed by atoms with E-state index in [2.05, 4.69) is 6.58 Å². The summed E-state index contributed by atoms with van der Waals surface area (Å²) in [6.07, 6.45) is 0.665. The SMILES string of the molecule is C=C[C@H]1[C@H](C(C)(C)C)COC(=O)N1S(=O)(=O)c1ccc(C)cc1. The standard InChI is InChI=1S/C17H23NO4S/c1-6-15-14(17(3,4)5)11-22-16(19)18(15)23(20,21)13-9-7-12(2)8-10-13/h6-10,14-15H,1,11H2,2-5H3/t14-,15+/m1/s1. The zero-order chi connectivity index (χ0) is 17.4. The average molecular weight is 337 g/mol. The van der Waals surface area contributed by atoms with Crippen LogP contribution in [0.5, 0.6) is 0 Å². The topological polar surface area (TPSA) is 63.7 Å². The van der Waals surface area contributed by atoms with Gasteiger partial charge < -0.3 is 4.74 Å². The van der Waals surface area contributed by atoms with Gasteiger partial charge in [0.2, 0.25) is 0 Å². The fourth-order valence-electron chi connectivity index (χ4n) is 2.71. The molecular formula is C17H23NO4S. The first-order valence-electron chi connectivity index (χ1n) is 7.49. The van der Waals surface area contributed by atoms with E-state index in [4.69, 9.17) is 4.74 Å². The lowest BCUT2D eigenvalue weighted by molar-refractivity contribution is 0.0134. The van der Waals surface area contributed by atoms with Crippen molar-refractivity contribution in [2.45, 2.75) is 38.6 Å². The van der Waals surface area contributed by atoms with Crippen molar-refractivity contribution in [3.8, 4) is 0 Å². The molecule has 1 saturated heterocycles. The van der Waals surface area contributed by atoms with Crippen LogP contribution in [0, 0.1) is 18.3 Å². The first-order valence-corrected chi connectivity index (χ1v) is 8.93. The minimum Gasteiger partial charge on any atom is -0.448 e. The van der Waals surface area contributed by atoms with Crippen LogP contribution in [0.25, 0.3) is 0 Å². The number of cyclic esters (lactones) is 1. The van der Waals surface area contributed by atoms with E-state index in [1.165, 1.54) is 18.2 Å². The number of nitrogens with zero attached hydrogens (tertiary/aromatic N) is 1. The van der Waals surface area contributed by atoms with Gasteiger partial charge in [-0.1, -0.05) is 44.5 Å². The van der Waals surface area contributed by atoms with Gasteiger partial charge in [-0.05, 0) is 24.5 Å². The van der Waals surface area contributed by atoms with Gasteiger partial charge in [0.05, 0.1) is 17.5 Å². The summed E-state index contributed by atoms with van der Waals surface area (Å²) in [5.74, 6) is -0.169. The lowest BCUT2D eigenvalue weighted by Crippen LogP contribution is -2.55. The second-order valence-electron chi connectivity index (χ2n) is 6.89. The van der Waals surface area contributed by atoms with Crippen LogP contribution in [0.4, 0.5) is 4.79 Å². The first kappa shape index (κ1) is 17.5. The number of carbonyl (C=O) groups is 1. The second kappa shape index (κ2) is 6.00. The zero-order valence-corrected chi connectivity index (χ0v) is 14.8. The molecule has 0 aliphatic carbocycles. The van der Waals surface area contributed by atoms with Gasteiger partial charge in [-0.2, -0.15) is 4.31 Å². The van der Waals surface area contributed by atoms with Gasteiger partial charge in [-0.25, -0.2) is 13.2 Å². The van der Waals surface area contributed by atoms with Gasteiger partial charge in [0.25, 0.3) is 10.0 Å². The third kappa shape index (κ3) is 3.27. The van der Waals surface area contributed by atoms with Gasteiger partial charge in [-0.15, -0.1) is 6.58 Å². The molecule has 1 aliphatic rings. The summed E-state index contributed by atoms with van der Waals surface area (Å²) in [7, 11) is -3.99. The summed E-state index contributed by atoms with van der Waals surface area (Å²) >= 11 is 0. The van der Waals surface area contributed by atoms with E-state index < -0.39 is 22.2 Å².